The number of anilines is 2. The van der Waals surface area contributed by atoms with Crippen LogP contribution in [-0.4, -0.2) is 47.4 Å². The Morgan fingerprint density at radius 3 is 2.44 bits per heavy atom. The average Bonchev–Trinajstić information content (AvgIpc) is 3.41. The highest BCUT2D eigenvalue weighted by Crippen LogP contribution is 2.29. The molecule has 1 atom stereocenters. The average molecular weight is 483 g/mol. The van der Waals surface area contributed by atoms with Crippen LogP contribution in [0.5, 0.6) is 5.75 Å². The first-order valence-corrected chi connectivity index (χ1v) is 11.7. The molecule has 0 saturated carbocycles. The fourth-order valence-corrected chi connectivity index (χ4v) is 4.54. The van der Waals surface area contributed by atoms with Gasteiger partial charge in [0.25, 0.3) is 5.91 Å². The van der Waals surface area contributed by atoms with Crippen LogP contribution in [0.2, 0.25) is 0 Å². The molecule has 0 unspecified atom stereocenters. The number of fused-ring (bicyclic) bond motifs is 1. The number of benzene rings is 3. The van der Waals surface area contributed by atoms with Crippen molar-refractivity contribution in [1.82, 2.24) is 9.88 Å². The summed E-state index contributed by atoms with van der Waals surface area (Å²) in [6.07, 6.45) is 2.27. The van der Waals surface area contributed by atoms with Gasteiger partial charge < -0.3 is 19.9 Å². The topological polar surface area (TPSA) is 94.7 Å². The Morgan fingerprint density at radius 1 is 1.00 bits per heavy atom. The van der Waals surface area contributed by atoms with E-state index in [1.165, 1.54) is 9.80 Å². The minimum Gasteiger partial charge on any atom is -0.497 e. The van der Waals surface area contributed by atoms with Crippen molar-refractivity contribution in [3.63, 3.8) is 0 Å². The van der Waals surface area contributed by atoms with Gasteiger partial charge in [-0.1, -0.05) is 36.4 Å². The van der Waals surface area contributed by atoms with E-state index in [0.717, 1.165) is 22.2 Å². The van der Waals surface area contributed by atoms with Crippen LogP contribution in [0, 0.1) is 0 Å². The van der Waals surface area contributed by atoms with Crippen LogP contribution in [0.3, 0.4) is 0 Å². The van der Waals surface area contributed by atoms with Gasteiger partial charge in [-0.15, -0.1) is 0 Å². The van der Waals surface area contributed by atoms with Crippen molar-refractivity contribution < 1.29 is 19.1 Å². The number of amides is 4. The Hall–Kier alpha value is -4.59. The molecular weight excluding hydrogens is 456 g/mol. The number of hydrogen-bond acceptors (Lipinski definition) is 4. The lowest BCUT2D eigenvalue weighted by Crippen LogP contribution is -2.39. The molecule has 8 heteroatoms. The Morgan fingerprint density at radius 2 is 1.72 bits per heavy atom. The second-order valence-electron chi connectivity index (χ2n) is 8.59. The largest absolute Gasteiger partial charge is 0.497 e. The molecule has 1 fully saturated rings. The number of hydrogen-bond donors (Lipinski definition) is 2. The second-order valence-corrected chi connectivity index (χ2v) is 8.59. The van der Waals surface area contributed by atoms with E-state index in [0.29, 0.717) is 17.8 Å². The van der Waals surface area contributed by atoms with Crippen molar-refractivity contribution >= 4 is 40.1 Å². The van der Waals surface area contributed by atoms with E-state index in [4.69, 9.17) is 4.74 Å². The quantitative estimate of drug-likeness (QED) is 0.359. The van der Waals surface area contributed by atoms with Crippen LogP contribution in [0.1, 0.15) is 12.0 Å². The molecule has 1 saturated heterocycles. The van der Waals surface area contributed by atoms with E-state index in [2.05, 4.69) is 10.3 Å². The number of H-pyrrole nitrogens is 1. The molecule has 2 heterocycles. The maximum absolute atomic E-state index is 13.5. The van der Waals surface area contributed by atoms with Gasteiger partial charge in [-0.2, -0.15) is 0 Å². The van der Waals surface area contributed by atoms with Crippen molar-refractivity contribution in [1.29, 1.82) is 0 Å². The van der Waals surface area contributed by atoms with Crippen molar-refractivity contribution in [3.8, 4) is 5.75 Å². The van der Waals surface area contributed by atoms with Gasteiger partial charge in [0.1, 0.15) is 11.8 Å². The number of carbonyl (C=O) groups is 3. The summed E-state index contributed by atoms with van der Waals surface area (Å²) in [7, 11) is 1.62. The molecule has 4 aromatic rings. The summed E-state index contributed by atoms with van der Waals surface area (Å²) in [5.41, 5.74) is 3.08. The molecule has 2 N–H and O–H groups in total. The van der Waals surface area contributed by atoms with Crippen molar-refractivity contribution in [2.75, 3.05) is 23.9 Å². The van der Waals surface area contributed by atoms with Gasteiger partial charge in [-0.05, 0) is 54.4 Å². The van der Waals surface area contributed by atoms with Crippen LogP contribution < -0.4 is 15.0 Å². The number of nitrogens with zero attached hydrogens (tertiary/aromatic N) is 2. The molecule has 0 spiro atoms. The number of para-hydroxylation sites is 2. The monoisotopic (exact) mass is 482 g/mol. The molecule has 8 nitrogen and oxygen atoms in total. The molecule has 3 aromatic carbocycles. The number of methoxy groups -OCH3 is 1. The number of ether oxygens (including phenoxy) is 1. The van der Waals surface area contributed by atoms with Crippen LogP contribution in [0.4, 0.5) is 16.2 Å². The first kappa shape index (κ1) is 23.2. The molecule has 0 bridgehead atoms. The third kappa shape index (κ3) is 4.53. The fraction of sp³-hybridized carbons (Fsp3) is 0.179. The Kier molecular flexibility index (Phi) is 6.40. The van der Waals surface area contributed by atoms with Crippen molar-refractivity contribution in [3.05, 3.63) is 90.6 Å². The zero-order chi connectivity index (χ0) is 25.1. The number of nitrogens with one attached hydrogen (secondary N) is 2. The Balaban J connectivity index is 1.39. The molecule has 4 amide bonds. The summed E-state index contributed by atoms with van der Waals surface area (Å²) in [4.78, 5) is 45.6. The summed E-state index contributed by atoms with van der Waals surface area (Å²) in [5, 5.41) is 3.81. The van der Waals surface area contributed by atoms with E-state index < -0.39 is 18.0 Å². The van der Waals surface area contributed by atoms with Gasteiger partial charge in [0.15, 0.2) is 0 Å². The number of rotatable bonds is 8. The summed E-state index contributed by atoms with van der Waals surface area (Å²) in [5.74, 6) is 0.000545. The van der Waals surface area contributed by atoms with E-state index in [1.807, 2.05) is 48.7 Å². The third-order valence-corrected chi connectivity index (χ3v) is 6.37. The smallest absolute Gasteiger partial charge is 0.332 e. The number of aromatic amines is 1. The summed E-state index contributed by atoms with van der Waals surface area (Å²) < 4.78 is 5.35. The van der Waals surface area contributed by atoms with Crippen LogP contribution >= 0.6 is 0 Å². The predicted molar refractivity (Wildman–Crippen MR) is 138 cm³/mol. The Bertz CT molecular complexity index is 1400. The van der Waals surface area contributed by atoms with E-state index in [9.17, 15) is 14.4 Å². The highest BCUT2D eigenvalue weighted by molar-refractivity contribution is 6.22. The number of imide groups is 1. The molecule has 1 aliphatic rings. The maximum Gasteiger partial charge on any atom is 0.332 e. The molecule has 1 aromatic heterocycles. The van der Waals surface area contributed by atoms with E-state index >= 15 is 0 Å². The van der Waals surface area contributed by atoms with Gasteiger partial charge in [0, 0.05) is 29.3 Å². The predicted octanol–water partition coefficient (Wildman–Crippen LogP) is 4.59. The minimum atomic E-state index is -0.902. The van der Waals surface area contributed by atoms with Gasteiger partial charge in [0.2, 0.25) is 5.91 Å². The van der Waals surface area contributed by atoms with Gasteiger partial charge in [0.05, 0.1) is 19.2 Å². The first-order valence-electron chi connectivity index (χ1n) is 11.7. The summed E-state index contributed by atoms with van der Waals surface area (Å²) in [6.45, 7) is 0.279. The molecule has 5 rings (SSSR count). The van der Waals surface area contributed by atoms with E-state index in [1.54, 1.807) is 43.5 Å². The van der Waals surface area contributed by atoms with Crippen LogP contribution in [0.15, 0.2) is 85.1 Å². The number of carbonyl (C=O) groups excluding carboxylic acids is 3. The molecule has 0 aliphatic carbocycles. The standard InChI is InChI=1S/C28H26N4O4/c1-36-22-12-13-24-23(16-22)19(18-29-24)14-15-31-25(17-26(33)30-20-8-4-2-5-9-20)27(34)32(28(31)35)21-10-6-3-7-11-21/h2-13,16,18,25,29H,14-15,17H2,1H3,(H,30,33)/t25-/m0/s1. The van der Waals surface area contributed by atoms with Gasteiger partial charge in [-0.3, -0.25) is 9.59 Å². The zero-order valence-corrected chi connectivity index (χ0v) is 19.8. The molecular formula is C28H26N4O4. The van der Waals surface area contributed by atoms with Crippen molar-refractivity contribution in [2.24, 2.45) is 0 Å². The normalized spacial score (nSPS) is 15.5. The Labute approximate surface area is 208 Å². The van der Waals surface area contributed by atoms with Crippen LogP contribution in [-0.2, 0) is 16.0 Å². The molecule has 182 valence electrons. The first-order chi connectivity index (χ1) is 17.5. The molecule has 1 aliphatic heterocycles. The third-order valence-electron chi connectivity index (χ3n) is 6.37. The summed E-state index contributed by atoms with van der Waals surface area (Å²) in [6, 6.07) is 22.3. The second kappa shape index (κ2) is 9.95. The fourth-order valence-electron chi connectivity index (χ4n) is 4.54. The lowest BCUT2D eigenvalue weighted by Gasteiger charge is -2.21. The van der Waals surface area contributed by atoms with Crippen molar-refractivity contribution in [2.45, 2.75) is 18.9 Å². The molecule has 36 heavy (non-hydrogen) atoms. The number of aromatic nitrogens is 1. The SMILES string of the molecule is COc1ccc2[nH]cc(CCN3C(=O)N(c4ccccc4)C(=O)[C@@H]3CC(=O)Nc3ccccc3)c2c1. The minimum absolute atomic E-state index is 0.134. The lowest BCUT2D eigenvalue weighted by molar-refractivity contribution is -0.124. The number of urea groups is 1. The van der Waals surface area contributed by atoms with Gasteiger partial charge >= 0.3 is 6.03 Å². The maximum atomic E-state index is 13.5. The zero-order valence-electron chi connectivity index (χ0n) is 19.8. The lowest BCUT2D eigenvalue weighted by atomic mass is 10.1. The molecule has 0 radical (unpaired) electrons. The highest BCUT2D eigenvalue weighted by Gasteiger charge is 2.46. The van der Waals surface area contributed by atoms with E-state index in [-0.39, 0.29) is 18.9 Å². The highest BCUT2D eigenvalue weighted by atomic mass is 16.5. The van der Waals surface area contributed by atoms with Crippen LogP contribution in [0.25, 0.3) is 10.9 Å². The summed E-state index contributed by atoms with van der Waals surface area (Å²) >= 11 is 0. The van der Waals surface area contributed by atoms with Gasteiger partial charge in [-0.25, -0.2) is 9.69 Å².